The molecule has 3 rings (SSSR count). The zero-order chi connectivity index (χ0) is 21.7. The average Bonchev–Trinajstić information content (AvgIpc) is 2.69. The minimum atomic E-state index is -0.268. The first-order valence-electron chi connectivity index (χ1n) is 9.66. The minimum Gasteiger partial charge on any atom is -0.437 e. The largest absolute Gasteiger partial charge is 0.437 e. The second-order valence-electron chi connectivity index (χ2n) is 7.93. The zero-order valence-corrected chi connectivity index (χ0v) is 18.3. The van der Waals surface area contributed by atoms with Crippen LogP contribution in [-0.4, -0.2) is 16.0 Å². The Morgan fingerprint density at radius 3 is 2.43 bits per heavy atom. The number of amides is 1. The van der Waals surface area contributed by atoms with Gasteiger partial charge in [0.1, 0.15) is 11.4 Å². The monoisotopic (exact) mass is 419 g/mol. The van der Waals surface area contributed by atoms with Crippen LogP contribution in [0.2, 0.25) is 0 Å². The molecule has 2 aromatic carbocycles. The van der Waals surface area contributed by atoms with E-state index in [1.54, 1.807) is 24.4 Å². The number of hydrogen-bond acceptors (Lipinski definition) is 4. The van der Waals surface area contributed by atoms with Crippen LogP contribution in [0.15, 0.2) is 66.9 Å². The van der Waals surface area contributed by atoms with Gasteiger partial charge in [0.25, 0.3) is 5.91 Å². The molecule has 0 unspecified atom stereocenters. The lowest BCUT2D eigenvalue weighted by Gasteiger charge is -2.23. The third-order valence-electron chi connectivity index (χ3n) is 4.54. The van der Waals surface area contributed by atoms with Crippen LogP contribution >= 0.6 is 12.2 Å². The first-order valence-corrected chi connectivity index (χ1v) is 10.1. The van der Waals surface area contributed by atoms with Gasteiger partial charge in [-0.2, -0.15) is 0 Å². The Morgan fingerprint density at radius 1 is 1.00 bits per heavy atom. The third-order valence-corrected chi connectivity index (χ3v) is 4.74. The Hall–Kier alpha value is -3.25. The van der Waals surface area contributed by atoms with E-state index in [1.807, 2.05) is 49.4 Å². The quantitative estimate of drug-likeness (QED) is 0.539. The second-order valence-corrected chi connectivity index (χ2v) is 8.34. The number of thiocarbonyl (C=S) groups is 1. The number of rotatable bonds is 4. The van der Waals surface area contributed by atoms with E-state index in [2.05, 4.69) is 36.4 Å². The van der Waals surface area contributed by atoms with E-state index in [4.69, 9.17) is 17.0 Å². The van der Waals surface area contributed by atoms with Crippen LogP contribution in [-0.2, 0) is 5.41 Å². The Balaban J connectivity index is 1.77. The summed E-state index contributed by atoms with van der Waals surface area (Å²) in [6.45, 7) is 8.26. The normalized spacial score (nSPS) is 10.9. The molecule has 0 aliphatic carbocycles. The predicted octanol–water partition coefficient (Wildman–Crippen LogP) is 5.61. The molecule has 0 radical (unpaired) electrons. The summed E-state index contributed by atoms with van der Waals surface area (Å²) < 4.78 is 6.13. The van der Waals surface area contributed by atoms with Crippen molar-refractivity contribution in [3.8, 4) is 11.6 Å². The lowest BCUT2D eigenvalue weighted by atomic mass is 9.86. The molecule has 1 aromatic heterocycles. The molecule has 0 saturated heterocycles. The van der Waals surface area contributed by atoms with Crippen molar-refractivity contribution in [3.05, 3.63) is 83.6 Å². The molecular weight excluding hydrogens is 394 g/mol. The highest BCUT2D eigenvalue weighted by Gasteiger charge is 2.20. The fraction of sp³-hybridized carbons (Fsp3) is 0.208. The number of pyridine rings is 1. The lowest BCUT2D eigenvalue weighted by Crippen LogP contribution is -2.34. The number of hydrogen-bond donors (Lipinski definition) is 2. The van der Waals surface area contributed by atoms with Crippen LogP contribution in [0.4, 0.5) is 5.69 Å². The summed E-state index contributed by atoms with van der Waals surface area (Å²) in [7, 11) is 0. The van der Waals surface area contributed by atoms with Gasteiger partial charge in [0.2, 0.25) is 5.88 Å². The minimum absolute atomic E-state index is 0.0875. The van der Waals surface area contributed by atoms with Crippen molar-refractivity contribution in [2.75, 3.05) is 5.32 Å². The van der Waals surface area contributed by atoms with Gasteiger partial charge in [-0.3, -0.25) is 10.1 Å². The van der Waals surface area contributed by atoms with Crippen molar-refractivity contribution >= 4 is 28.9 Å². The molecule has 0 aliphatic rings. The van der Waals surface area contributed by atoms with Gasteiger partial charge in [-0.25, -0.2) is 4.98 Å². The molecular formula is C24H25N3O2S. The molecule has 0 fully saturated rings. The lowest BCUT2D eigenvalue weighted by molar-refractivity contribution is 0.0977. The average molecular weight is 420 g/mol. The first-order chi connectivity index (χ1) is 14.3. The van der Waals surface area contributed by atoms with Crippen molar-refractivity contribution in [3.63, 3.8) is 0 Å². The third kappa shape index (κ3) is 5.21. The Kier molecular flexibility index (Phi) is 6.47. The molecule has 3 aromatic rings. The molecule has 1 amide bonds. The maximum atomic E-state index is 12.5. The molecule has 0 aliphatic heterocycles. The highest BCUT2D eigenvalue weighted by atomic mass is 32.1. The van der Waals surface area contributed by atoms with Gasteiger partial charge in [0.15, 0.2) is 5.11 Å². The van der Waals surface area contributed by atoms with E-state index in [1.165, 1.54) is 0 Å². The number of nitrogens with zero attached hydrogens (tertiary/aromatic N) is 1. The molecule has 0 spiro atoms. The predicted molar refractivity (Wildman–Crippen MR) is 124 cm³/mol. The first kappa shape index (κ1) is 21.5. The fourth-order valence-electron chi connectivity index (χ4n) is 3.00. The van der Waals surface area contributed by atoms with Crippen molar-refractivity contribution in [1.82, 2.24) is 10.3 Å². The summed E-state index contributed by atoms with van der Waals surface area (Å²) in [5.74, 6) is 0.832. The maximum Gasteiger partial charge on any atom is 0.257 e. The van der Waals surface area contributed by atoms with E-state index in [9.17, 15) is 4.79 Å². The summed E-state index contributed by atoms with van der Waals surface area (Å²) in [4.78, 5) is 16.9. The molecule has 30 heavy (non-hydrogen) atoms. The van der Waals surface area contributed by atoms with Crippen LogP contribution in [0.5, 0.6) is 11.6 Å². The topological polar surface area (TPSA) is 63.2 Å². The molecule has 6 heteroatoms. The van der Waals surface area contributed by atoms with Crippen LogP contribution in [0.1, 0.15) is 42.3 Å². The Morgan fingerprint density at radius 2 is 1.70 bits per heavy atom. The number of nitrogens with one attached hydrogen (secondary N) is 2. The summed E-state index contributed by atoms with van der Waals surface area (Å²) in [6, 6.07) is 18.8. The zero-order valence-electron chi connectivity index (χ0n) is 17.5. The number of carbonyl (C=O) groups excluding carboxylic acids is 1. The van der Waals surface area contributed by atoms with Crippen molar-refractivity contribution < 1.29 is 9.53 Å². The number of aromatic nitrogens is 1. The van der Waals surface area contributed by atoms with Gasteiger partial charge in [0, 0.05) is 17.3 Å². The summed E-state index contributed by atoms with van der Waals surface area (Å²) in [6.07, 6.45) is 1.65. The Bertz CT molecular complexity index is 1070. The number of anilines is 1. The highest BCUT2D eigenvalue weighted by Crippen LogP contribution is 2.35. The van der Waals surface area contributed by atoms with Gasteiger partial charge in [-0.05, 0) is 54.4 Å². The fourth-order valence-corrected chi connectivity index (χ4v) is 3.20. The molecule has 1 heterocycles. The maximum absolute atomic E-state index is 12.5. The summed E-state index contributed by atoms with van der Waals surface area (Å²) in [5, 5.41) is 5.90. The molecule has 154 valence electrons. The number of benzene rings is 2. The number of aryl methyl sites for hydroxylation is 1. The van der Waals surface area contributed by atoms with Gasteiger partial charge >= 0.3 is 0 Å². The molecule has 0 bridgehead atoms. The van der Waals surface area contributed by atoms with E-state index in [0.29, 0.717) is 17.1 Å². The summed E-state index contributed by atoms with van der Waals surface area (Å²) in [5.41, 5.74) is 2.99. The highest BCUT2D eigenvalue weighted by molar-refractivity contribution is 7.80. The number of carbonyl (C=O) groups is 1. The van der Waals surface area contributed by atoms with Gasteiger partial charge in [0.05, 0.1) is 0 Å². The van der Waals surface area contributed by atoms with Crippen LogP contribution < -0.4 is 15.4 Å². The number of ether oxygens (including phenoxy) is 1. The molecule has 0 saturated carbocycles. The molecule has 2 N–H and O–H groups in total. The van der Waals surface area contributed by atoms with E-state index in [0.717, 1.165) is 16.9 Å². The van der Waals surface area contributed by atoms with E-state index < -0.39 is 0 Å². The van der Waals surface area contributed by atoms with Crippen molar-refractivity contribution in [2.24, 2.45) is 0 Å². The van der Waals surface area contributed by atoms with Crippen LogP contribution in [0, 0.1) is 6.92 Å². The van der Waals surface area contributed by atoms with E-state index in [-0.39, 0.29) is 16.4 Å². The molecule has 0 atom stereocenters. The van der Waals surface area contributed by atoms with Crippen LogP contribution in [0.3, 0.4) is 0 Å². The SMILES string of the molecule is Cc1ccccc1C(=O)NC(=S)Nc1cccnc1Oc1ccccc1C(C)(C)C. The Labute approximate surface area is 182 Å². The standard InChI is InChI=1S/C24H25N3O2S/c1-16-10-5-6-11-17(16)21(28)27-23(30)26-19-13-9-15-25-22(19)29-20-14-8-7-12-18(20)24(2,3)4/h5-15H,1-4H3,(H2,26,27,28,30). The van der Waals surface area contributed by atoms with Gasteiger partial charge in [-0.1, -0.05) is 57.2 Å². The molecule has 5 nitrogen and oxygen atoms in total. The van der Waals surface area contributed by atoms with Crippen molar-refractivity contribution in [2.45, 2.75) is 33.1 Å². The smallest absolute Gasteiger partial charge is 0.257 e. The van der Waals surface area contributed by atoms with Crippen LogP contribution in [0.25, 0.3) is 0 Å². The summed E-state index contributed by atoms with van der Waals surface area (Å²) >= 11 is 5.34. The van der Waals surface area contributed by atoms with Gasteiger partial charge < -0.3 is 10.1 Å². The van der Waals surface area contributed by atoms with Crippen molar-refractivity contribution in [1.29, 1.82) is 0 Å². The number of para-hydroxylation sites is 1. The second kappa shape index (κ2) is 9.05. The van der Waals surface area contributed by atoms with E-state index >= 15 is 0 Å². The van der Waals surface area contributed by atoms with Gasteiger partial charge in [-0.15, -0.1) is 0 Å².